The van der Waals surface area contributed by atoms with Gasteiger partial charge in [-0.25, -0.2) is 27.2 Å². The number of unbranched alkanes of at least 4 members (excludes halogenated alkanes) is 12. The molecule has 0 spiro atoms. The molecule has 0 N–H and O–H groups in total. The second kappa shape index (κ2) is 22.5. The van der Waals surface area contributed by atoms with Gasteiger partial charge in [0.15, 0.2) is 0 Å². The molecule has 4 atom stereocenters. The van der Waals surface area contributed by atoms with E-state index >= 15 is 0 Å². The first kappa shape index (κ1) is 46.6. The minimum Gasteiger partial charge on any atom is -0.494 e. The van der Waals surface area contributed by atoms with E-state index in [1.54, 1.807) is 48.5 Å². The van der Waals surface area contributed by atoms with Crippen LogP contribution < -0.4 is 9.47 Å². The first-order valence-electron chi connectivity index (χ1n) is 22.8. The van der Waals surface area contributed by atoms with Crippen LogP contribution in [0.15, 0.2) is 97.1 Å². The number of hydrogen-bond acceptors (Lipinski definition) is 6. The molecule has 2 fully saturated rings. The summed E-state index contributed by atoms with van der Waals surface area (Å²) in [6.07, 6.45) is 17.0. The third-order valence-electron chi connectivity index (χ3n) is 12.4. The van der Waals surface area contributed by atoms with E-state index in [0.717, 1.165) is 59.4 Å². The fraction of sp³-hybridized carbons (Fsp3) is 0.500. The number of alkyl halides is 4. The van der Waals surface area contributed by atoms with Crippen molar-refractivity contribution in [3.8, 4) is 33.8 Å². The molecule has 0 bridgehead atoms. The molecular formula is C52H62F4O6. The number of esters is 2. The molecule has 6 nitrogen and oxygen atoms in total. The molecule has 0 aromatic heterocycles. The molecule has 2 aliphatic rings. The number of ether oxygens (including phenoxy) is 4. The predicted molar refractivity (Wildman–Crippen MR) is 235 cm³/mol. The van der Waals surface area contributed by atoms with Crippen LogP contribution in [-0.4, -0.2) is 50.2 Å². The standard InChI is InChI=1S/C52H62F4O6/c1-3-5-7-9-11-13-15-33-59-43-29-25-39(26-30-43)37-17-21-41(22-18-37)49(57)61-35-45-47(51(45,53)54)48-46(52(48,55)56)36-62-50(58)42-23-19-38(20-24-42)40-27-31-44(32-28-40)60-34-16-14-12-10-8-6-4-2/h17-32,45-48H,3-16,33-36H2,1-2H3/t45-,46-,47+,48+/m1/s1. The zero-order valence-corrected chi connectivity index (χ0v) is 36.2. The predicted octanol–water partition coefficient (Wildman–Crippen LogP) is 14.1. The lowest BCUT2D eigenvalue weighted by Gasteiger charge is -2.08. The van der Waals surface area contributed by atoms with Crippen LogP contribution in [0.25, 0.3) is 22.3 Å². The molecule has 10 heteroatoms. The summed E-state index contributed by atoms with van der Waals surface area (Å²) in [5.74, 6) is -13.4. The molecule has 62 heavy (non-hydrogen) atoms. The Labute approximate surface area is 364 Å². The third kappa shape index (κ3) is 12.6. The molecule has 334 valence electrons. The Morgan fingerprint density at radius 3 is 1.05 bits per heavy atom. The molecule has 6 rings (SSSR count). The van der Waals surface area contributed by atoms with Crippen LogP contribution in [0.3, 0.4) is 0 Å². The third-order valence-corrected chi connectivity index (χ3v) is 12.4. The maximum Gasteiger partial charge on any atom is 0.338 e. The van der Waals surface area contributed by atoms with E-state index in [1.807, 2.05) is 48.5 Å². The summed E-state index contributed by atoms with van der Waals surface area (Å²) in [6.45, 7) is 4.37. The smallest absolute Gasteiger partial charge is 0.338 e. The Balaban J connectivity index is 0.899. The SMILES string of the molecule is CCCCCCCCCOc1ccc(-c2ccc(C(=O)OC[C@@H]3[C@@H]([C@@H]4[C@@H](COC(=O)c5ccc(-c6ccc(OCCCCCCCCC)cc6)cc5)C4(F)F)C3(F)F)cc2)cc1. The molecule has 0 saturated heterocycles. The Kier molecular flexibility index (Phi) is 16.9. The van der Waals surface area contributed by atoms with Crippen molar-refractivity contribution >= 4 is 11.9 Å². The topological polar surface area (TPSA) is 71.1 Å². The van der Waals surface area contributed by atoms with Crippen molar-refractivity contribution in [3.63, 3.8) is 0 Å². The van der Waals surface area contributed by atoms with Gasteiger partial charge < -0.3 is 18.9 Å². The van der Waals surface area contributed by atoms with Gasteiger partial charge in [0.25, 0.3) is 11.8 Å². The van der Waals surface area contributed by atoms with Gasteiger partial charge in [0.2, 0.25) is 0 Å². The van der Waals surface area contributed by atoms with Crippen LogP contribution in [0.2, 0.25) is 0 Å². The summed E-state index contributed by atoms with van der Waals surface area (Å²) in [7, 11) is 0. The van der Waals surface area contributed by atoms with Crippen molar-refractivity contribution in [2.75, 3.05) is 26.4 Å². The summed E-state index contributed by atoms with van der Waals surface area (Å²) in [5.41, 5.74) is 3.83. The van der Waals surface area contributed by atoms with E-state index in [9.17, 15) is 27.2 Å². The van der Waals surface area contributed by atoms with Gasteiger partial charge in [0.05, 0.1) is 36.2 Å². The van der Waals surface area contributed by atoms with Gasteiger partial charge in [0.1, 0.15) is 24.7 Å². The van der Waals surface area contributed by atoms with Gasteiger partial charge in [-0.3, -0.25) is 0 Å². The summed E-state index contributed by atoms with van der Waals surface area (Å²) < 4.78 is 81.7. The van der Waals surface area contributed by atoms with Gasteiger partial charge in [0, 0.05) is 11.8 Å². The lowest BCUT2D eigenvalue weighted by molar-refractivity contribution is 0.0308. The van der Waals surface area contributed by atoms with E-state index in [2.05, 4.69) is 13.8 Å². The lowest BCUT2D eigenvalue weighted by Crippen LogP contribution is -2.10. The zero-order chi connectivity index (χ0) is 44.0. The second-order valence-corrected chi connectivity index (χ2v) is 17.0. The zero-order valence-electron chi connectivity index (χ0n) is 36.2. The molecule has 2 aliphatic carbocycles. The van der Waals surface area contributed by atoms with Gasteiger partial charge in [-0.15, -0.1) is 0 Å². The van der Waals surface area contributed by atoms with Crippen molar-refractivity contribution in [2.24, 2.45) is 23.7 Å². The van der Waals surface area contributed by atoms with Crippen LogP contribution in [0.5, 0.6) is 11.5 Å². The quantitative estimate of drug-likeness (QED) is 0.0338. The molecule has 4 aromatic rings. The monoisotopic (exact) mass is 858 g/mol. The maximum atomic E-state index is 14.9. The molecule has 4 aromatic carbocycles. The fourth-order valence-electron chi connectivity index (χ4n) is 8.32. The Hall–Kier alpha value is -4.86. The van der Waals surface area contributed by atoms with Crippen LogP contribution in [0.1, 0.15) is 124 Å². The Morgan fingerprint density at radius 1 is 0.435 bits per heavy atom. The Bertz CT molecular complexity index is 1840. The number of hydrogen-bond donors (Lipinski definition) is 0. The highest BCUT2D eigenvalue weighted by molar-refractivity contribution is 5.90. The molecule has 0 heterocycles. The summed E-state index contributed by atoms with van der Waals surface area (Å²) in [5, 5.41) is 0. The second-order valence-electron chi connectivity index (χ2n) is 17.0. The lowest BCUT2D eigenvalue weighted by atomic mass is 10.0. The van der Waals surface area contributed by atoms with E-state index in [0.29, 0.717) is 13.2 Å². The van der Waals surface area contributed by atoms with E-state index in [1.165, 1.54) is 64.2 Å². The number of benzene rings is 4. The Morgan fingerprint density at radius 2 is 0.726 bits per heavy atom. The number of halogens is 4. The molecule has 0 amide bonds. The molecule has 0 radical (unpaired) electrons. The minimum atomic E-state index is -3.44. The van der Waals surface area contributed by atoms with Crippen LogP contribution >= 0.6 is 0 Å². The highest BCUT2D eigenvalue weighted by Crippen LogP contribution is 2.72. The van der Waals surface area contributed by atoms with E-state index in [-0.39, 0.29) is 11.1 Å². The van der Waals surface area contributed by atoms with Crippen LogP contribution in [-0.2, 0) is 9.47 Å². The van der Waals surface area contributed by atoms with Crippen molar-refractivity contribution in [2.45, 2.75) is 116 Å². The summed E-state index contributed by atoms with van der Waals surface area (Å²) in [4.78, 5) is 25.6. The van der Waals surface area contributed by atoms with Gasteiger partial charge in [-0.2, -0.15) is 0 Å². The normalized spacial score (nSPS) is 19.4. The van der Waals surface area contributed by atoms with Crippen molar-refractivity contribution in [3.05, 3.63) is 108 Å². The van der Waals surface area contributed by atoms with Crippen LogP contribution in [0.4, 0.5) is 17.6 Å². The van der Waals surface area contributed by atoms with Gasteiger partial charge in [-0.05, 0) is 83.6 Å². The van der Waals surface area contributed by atoms with Crippen LogP contribution in [0, 0.1) is 23.7 Å². The van der Waals surface area contributed by atoms with E-state index < -0.39 is 60.7 Å². The van der Waals surface area contributed by atoms with E-state index in [4.69, 9.17) is 18.9 Å². The minimum absolute atomic E-state index is 0.162. The molecule has 0 aliphatic heterocycles. The molecular weight excluding hydrogens is 797 g/mol. The van der Waals surface area contributed by atoms with Gasteiger partial charge in [-0.1, -0.05) is 139 Å². The summed E-state index contributed by atoms with van der Waals surface area (Å²) in [6, 6.07) is 28.4. The highest BCUT2D eigenvalue weighted by Gasteiger charge is 2.84. The average molecular weight is 859 g/mol. The first-order chi connectivity index (χ1) is 30.0. The van der Waals surface area contributed by atoms with Crippen molar-refractivity contribution < 1.29 is 46.1 Å². The number of carbonyl (C=O) groups excluding carboxylic acids is 2. The number of carbonyl (C=O) groups is 2. The molecule has 2 saturated carbocycles. The first-order valence-corrected chi connectivity index (χ1v) is 22.8. The maximum absolute atomic E-state index is 14.9. The van der Waals surface area contributed by atoms with Gasteiger partial charge >= 0.3 is 11.9 Å². The van der Waals surface area contributed by atoms with Crippen molar-refractivity contribution in [1.29, 1.82) is 0 Å². The largest absolute Gasteiger partial charge is 0.494 e. The number of rotatable bonds is 27. The summed E-state index contributed by atoms with van der Waals surface area (Å²) >= 11 is 0. The molecule has 0 unspecified atom stereocenters. The van der Waals surface area contributed by atoms with Crippen molar-refractivity contribution in [1.82, 2.24) is 0 Å². The highest BCUT2D eigenvalue weighted by atomic mass is 19.3. The average Bonchev–Trinajstić information content (AvgIpc) is 4.05. The fourth-order valence-corrected chi connectivity index (χ4v) is 8.32.